The zero-order chi connectivity index (χ0) is 17.6. The number of benzene rings is 1. The molecule has 0 aromatic heterocycles. The van der Waals surface area contributed by atoms with Crippen molar-refractivity contribution in [2.75, 3.05) is 44.6 Å². The van der Waals surface area contributed by atoms with Crippen molar-refractivity contribution in [1.82, 2.24) is 9.80 Å². The molecular formula is C19H30Cl2N4O2. The van der Waals surface area contributed by atoms with Gasteiger partial charge in [0.1, 0.15) is 0 Å². The molecule has 1 aliphatic heterocycles. The minimum absolute atomic E-state index is 0. The smallest absolute Gasteiger partial charge is 0.238 e. The summed E-state index contributed by atoms with van der Waals surface area (Å²) in [5, 5.41) is 2.91. The first-order chi connectivity index (χ1) is 12.2. The van der Waals surface area contributed by atoms with Crippen molar-refractivity contribution in [2.45, 2.75) is 19.3 Å². The summed E-state index contributed by atoms with van der Waals surface area (Å²) >= 11 is 0. The summed E-state index contributed by atoms with van der Waals surface area (Å²) in [5.41, 5.74) is 6.62. The maximum absolute atomic E-state index is 12.7. The van der Waals surface area contributed by atoms with Gasteiger partial charge in [-0.25, -0.2) is 0 Å². The largest absolute Gasteiger partial charge is 0.340 e. The molecule has 2 amide bonds. The Morgan fingerprint density at radius 2 is 1.70 bits per heavy atom. The molecule has 1 heterocycles. The molecular weight excluding hydrogens is 387 g/mol. The zero-order valence-electron chi connectivity index (χ0n) is 15.5. The van der Waals surface area contributed by atoms with E-state index in [1.807, 2.05) is 35.2 Å². The topological polar surface area (TPSA) is 78.7 Å². The maximum Gasteiger partial charge on any atom is 0.238 e. The van der Waals surface area contributed by atoms with Crippen LogP contribution in [0.15, 0.2) is 30.3 Å². The molecule has 27 heavy (non-hydrogen) atoms. The van der Waals surface area contributed by atoms with Crippen molar-refractivity contribution in [3.8, 4) is 0 Å². The Labute approximate surface area is 173 Å². The summed E-state index contributed by atoms with van der Waals surface area (Å²) in [6.07, 6.45) is 3.16. The second kappa shape index (κ2) is 11.5. The molecule has 8 heteroatoms. The Kier molecular flexibility index (Phi) is 10.1. The summed E-state index contributed by atoms with van der Waals surface area (Å²) in [6, 6.07) is 9.48. The second-order valence-electron chi connectivity index (χ2n) is 7.05. The van der Waals surface area contributed by atoms with Gasteiger partial charge in [-0.1, -0.05) is 24.6 Å². The van der Waals surface area contributed by atoms with Crippen LogP contribution in [0.25, 0.3) is 0 Å². The molecule has 1 saturated carbocycles. The summed E-state index contributed by atoms with van der Waals surface area (Å²) in [5.74, 6) is 0.714. The molecule has 0 bridgehead atoms. The van der Waals surface area contributed by atoms with E-state index in [1.54, 1.807) is 0 Å². The fraction of sp³-hybridized carbons (Fsp3) is 0.579. The van der Waals surface area contributed by atoms with Crippen LogP contribution < -0.4 is 11.1 Å². The minimum atomic E-state index is -0.00929. The van der Waals surface area contributed by atoms with E-state index in [0.717, 1.165) is 38.0 Å². The highest BCUT2D eigenvalue weighted by Gasteiger charge is 2.35. The van der Waals surface area contributed by atoms with Gasteiger partial charge in [0.25, 0.3) is 0 Å². The average molecular weight is 417 g/mol. The molecule has 2 atom stereocenters. The lowest BCUT2D eigenvalue weighted by atomic mass is 9.94. The zero-order valence-corrected chi connectivity index (χ0v) is 17.1. The predicted molar refractivity (Wildman–Crippen MR) is 112 cm³/mol. The number of halogens is 2. The SMILES string of the molecule is Cl.Cl.NC[C@H]1CCC[C@H]1C(=O)N1CCN(CC(=O)Nc2ccccc2)CC1. The molecule has 3 rings (SSSR count). The summed E-state index contributed by atoms with van der Waals surface area (Å²) in [7, 11) is 0. The fourth-order valence-corrected chi connectivity index (χ4v) is 3.93. The number of amides is 2. The van der Waals surface area contributed by atoms with Crippen molar-refractivity contribution in [1.29, 1.82) is 0 Å². The van der Waals surface area contributed by atoms with Gasteiger partial charge in [0.2, 0.25) is 11.8 Å². The number of para-hydroxylation sites is 1. The Balaban J connectivity index is 0.00000182. The van der Waals surface area contributed by atoms with Gasteiger partial charge >= 0.3 is 0 Å². The molecule has 1 saturated heterocycles. The first-order valence-corrected chi connectivity index (χ1v) is 9.23. The predicted octanol–water partition coefficient (Wildman–Crippen LogP) is 1.99. The van der Waals surface area contributed by atoms with Crippen LogP contribution in [-0.2, 0) is 9.59 Å². The molecule has 0 radical (unpaired) electrons. The quantitative estimate of drug-likeness (QED) is 0.768. The normalized spacial score (nSPS) is 22.5. The van der Waals surface area contributed by atoms with Crippen molar-refractivity contribution >= 4 is 42.3 Å². The number of nitrogens with two attached hydrogens (primary N) is 1. The van der Waals surface area contributed by atoms with Crippen LogP contribution in [0.3, 0.4) is 0 Å². The lowest BCUT2D eigenvalue weighted by Crippen LogP contribution is -2.52. The molecule has 1 aromatic carbocycles. The van der Waals surface area contributed by atoms with Crippen molar-refractivity contribution in [3.63, 3.8) is 0 Å². The third-order valence-electron chi connectivity index (χ3n) is 5.39. The van der Waals surface area contributed by atoms with E-state index < -0.39 is 0 Å². The van der Waals surface area contributed by atoms with Gasteiger partial charge < -0.3 is 16.0 Å². The highest BCUT2D eigenvalue weighted by Crippen LogP contribution is 2.32. The van der Waals surface area contributed by atoms with Gasteiger partial charge in [-0.2, -0.15) is 0 Å². The number of carbonyl (C=O) groups excluding carboxylic acids is 2. The van der Waals surface area contributed by atoms with Gasteiger partial charge in [0.05, 0.1) is 6.54 Å². The molecule has 152 valence electrons. The van der Waals surface area contributed by atoms with Gasteiger partial charge in [-0.15, -0.1) is 24.8 Å². The summed E-state index contributed by atoms with van der Waals surface area (Å²) in [4.78, 5) is 28.9. The Bertz CT molecular complexity index is 595. The van der Waals surface area contributed by atoms with E-state index in [1.165, 1.54) is 0 Å². The molecule has 0 spiro atoms. The van der Waals surface area contributed by atoms with Crippen LogP contribution in [0.4, 0.5) is 5.69 Å². The molecule has 3 N–H and O–H groups in total. The lowest BCUT2D eigenvalue weighted by Gasteiger charge is -2.36. The van der Waals surface area contributed by atoms with E-state index in [0.29, 0.717) is 32.1 Å². The van der Waals surface area contributed by atoms with Crippen molar-refractivity contribution < 1.29 is 9.59 Å². The number of anilines is 1. The average Bonchev–Trinajstić information content (AvgIpc) is 3.11. The molecule has 1 aliphatic carbocycles. The number of nitrogens with one attached hydrogen (secondary N) is 1. The van der Waals surface area contributed by atoms with E-state index in [9.17, 15) is 9.59 Å². The Morgan fingerprint density at radius 3 is 2.33 bits per heavy atom. The molecule has 6 nitrogen and oxygen atoms in total. The van der Waals surface area contributed by atoms with Crippen LogP contribution in [0.1, 0.15) is 19.3 Å². The maximum atomic E-state index is 12.7. The number of nitrogens with zero attached hydrogens (tertiary/aromatic N) is 2. The van der Waals surface area contributed by atoms with Gasteiger partial charge in [0, 0.05) is 37.8 Å². The standard InChI is InChI=1S/C19H28N4O2.2ClH/c20-13-15-5-4-8-17(15)19(25)23-11-9-22(10-12-23)14-18(24)21-16-6-2-1-3-7-16;;/h1-3,6-7,15,17H,4-5,8-14,20H2,(H,21,24);2*1H/t15-,17-;;/m1../s1. The number of rotatable bonds is 5. The van der Waals surface area contributed by atoms with Gasteiger partial charge in [0.15, 0.2) is 0 Å². The highest BCUT2D eigenvalue weighted by atomic mass is 35.5. The highest BCUT2D eigenvalue weighted by molar-refractivity contribution is 5.92. The van der Waals surface area contributed by atoms with E-state index >= 15 is 0 Å². The van der Waals surface area contributed by atoms with Gasteiger partial charge in [-0.05, 0) is 37.4 Å². The lowest BCUT2D eigenvalue weighted by molar-refractivity contribution is -0.138. The number of hydrogen-bond acceptors (Lipinski definition) is 4. The van der Waals surface area contributed by atoms with Crippen LogP contribution in [-0.4, -0.2) is 60.9 Å². The van der Waals surface area contributed by atoms with Crippen LogP contribution in [0, 0.1) is 11.8 Å². The van der Waals surface area contributed by atoms with E-state index in [2.05, 4.69) is 10.2 Å². The van der Waals surface area contributed by atoms with E-state index in [-0.39, 0.29) is 42.5 Å². The molecule has 2 aliphatic rings. The Morgan fingerprint density at radius 1 is 1.04 bits per heavy atom. The number of hydrogen-bond donors (Lipinski definition) is 2. The van der Waals surface area contributed by atoms with Crippen LogP contribution in [0.2, 0.25) is 0 Å². The summed E-state index contributed by atoms with van der Waals surface area (Å²) in [6.45, 7) is 3.86. The summed E-state index contributed by atoms with van der Waals surface area (Å²) < 4.78 is 0. The van der Waals surface area contributed by atoms with Crippen molar-refractivity contribution in [3.05, 3.63) is 30.3 Å². The monoisotopic (exact) mass is 416 g/mol. The van der Waals surface area contributed by atoms with E-state index in [4.69, 9.17) is 5.73 Å². The first-order valence-electron chi connectivity index (χ1n) is 9.23. The third-order valence-corrected chi connectivity index (χ3v) is 5.39. The van der Waals surface area contributed by atoms with Crippen molar-refractivity contribution in [2.24, 2.45) is 17.6 Å². The first kappa shape index (κ1) is 23.7. The number of piperazine rings is 1. The Hall–Kier alpha value is -1.34. The third kappa shape index (κ3) is 6.35. The molecule has 2 fully saturated rings. The van der Waals surface area contributed by atoms with Crippen LogP contribution >= 0.6 is 24.8 Å². The molecule has 1 aromatic rings. The van der Waals surface area contributed by atoms with Crippen LogP contribution in [0.5, 0.6) is 0 Å². The second-order valence-corrected chi connectivity index (χ2v) is 7.05. The molecule has 0 unspecified atom stereocenters. The fourth-order valence-electron chi connectivity index (χ4n) is 3.93. The number of carbonyl (C=O) groups is 2. The van der Waals surface area contributed by atoms with Gasteiger partial charge in [-0.3, -0.25) is 14.5 Å². The minimum Gasteiger partial charge on any atom is -0.340 e.